The molecular weight excluding hydrogens is 572 g/mol. The van der Waals surface area contributed by atoms with Crippen molar-refractivity contribution in [2.75, 3.05) is 31.5 Å². The third-order valence-electron chi connectivity index (χ3n) is 7.22. The lowest BCUT2D eigenvalue weighted by molar-refractivity contribution is -0.118. The summed E-state index contributed by atoms with van der Waals surface area (Å²) in [5, 5.41) is 13.9. The maximum absolute atomic E-state index is 13.5. The van der Waals surface area contributed by atoms with Crippen LogP contribution in [0, 0.1) is 5.92 Å². The molecule has 1 N–H and O–H groups in total. The summed E-state index contributed by atoms with van der Waals surface area (Å²) in [5.41, 5.74) is 2.73. The van der Waals surface area contributed by atoms with Crippen LogP contribution in [0.25, 0.3) is 22.6 Å². The van der Waals surface area contributed by atoms with Crippen molar-refractivity contribution in [2.24, 2.45) is 5.92 Å². The molecule has 1 aliphatic heterocycles. The molecule has 6 rings (SSSR count). The number of rotatable bonds is 8. The predicted octanol–water partition coefficient (Wildman–Crippen LogP) is 4.41. The van der Waals surface area contributed by atoms with Crippen LogP contribution >= 0.6 is 0 Å². The van der Waals surface area contributed by atoms with Gasteiger partial charge in [-0.15, -0.1) is 10.2 Å². The number of fused-ring (bicyclic) bond motifs is 1. The van der Waals surface area contributed by atoms with Gasteiger partial charge in [-0.3, -0.25) is 19.5 Å². The van der Waals surface area contributed by atoms with Crippen LogP contribution in [0.4, 0.5) is 14.5 Å². The minimum absolute atomic E-state index is 0.142. The Bertz CT molecular complexity index is 1890. The molecule has 0 saturated carbocycles. The molecule has 1 fully saturated rings. The fourth-order valence-corrected chi connectivity index (χ4v) is 4.99. The van der Waals surface area contributed by atoms with E-state index in [9.17, 15) is 18.4 Å². The maximum atomic E-state index is 13.5. The van der Waals surface area contributed by atoms with Crippen molar-refractivity contribution in [2.45, 2.75) is 26.4 Å². The Morgan fingerprint density at radius 1 is 1.05 bits per heavy atom. The van der Waals surface area contributed by atoms with Crippen LogP contribution in [-0.4, -0.2) is 78.0 Å². The highest BCUT2D eigenvalue weighted by atomic mass is 19.3. The molecule has 1 saturated heterocycles. The number of pyridine rings is 1. The maximum Gasteiger partial charge on any atom is 0.350 e. The second-order valence-electron chi connectivity index (χ2n) is 10.2. The van der Waals surface area contributed by atoms with E-state index in [1.54, 1.807) is 35.2 Å². The summed E-state index contributed by atoms with van der Waals surface area (Å²) in [6, 6.07) is 16.8. The number of halogens is 2. The summed E-state index contributed by atoms with van der Waals surface area (Å²) in [4.78, 5) is 38.6. The summed E-state index contributed by atoms with van der Waals surface area (Å²) >= 11 is 0. The summed E-state index contributed by atoms with van der Waals surface area (Å²) in [6.45, 7) is -2.48. The Hall–Kier alpha value is -5.11. The first-order valence-corrected chi connectivity index (χ1v) is 13.8. The SMILES string of the molecule is [2H]C([2H])([2H])C(C)C(=O)Nc1ccc2oc(-c3ccnc(C(=O)N4CCN(C(c5ccccc5)c5nnn(C(F)F)n5)CC4)c3)nc2c1. The van der Waals surface area contributed by atoms with Crippen LogP contribution in [0.15, 0.2) is 71.3 Å². The van der Waals surface area contributed by atoms with Gasteiger partial charge in [0.05, 0.1) is 6.04 Å². The number of piperazine rings is 1. The van der Waals surface area contributed by atoms with E-state index < -0.39 is 31.3 Å². The van der Waals surface area contributed by atoms with Crippen molar-refractivity contribution in [3.8, 4) is 11.5 Å². The van der Waals surface area contributed by atoms with Gasteiger partial charge in [-0.25, -0.2) is 4.98 Å². The average molecular weight is 605 g/mol. The number of carbonyl (C=O) groups excluding carboxylic acids is 2. The fraction of sp³-hybridized carbons (Fsp3) is 0.300. The lowest BCUT2D eigenvalue weighted by Gasteiger charge is -2.38. The minimum Gasteiger partial charge on any atom is -0.436 e. The van der Waals surface area contributed by atoms with Gasteiger partial charge in [-0.2, -0.15) is 8.78 Å². The van der Waals surface area contributed by atoms with E-state index in [-0.39, 0.29) is 28.1 Å². The fourth-order valence-electron chi connectivity index (χ4n) is 4.99. The first-order valence-electron chi connectivity index (χ1n) is 15.3. The Morgan fingerprint density at radius 3 is 2.57 bits per heavy atom. The van der Waals surface area contributed by atoms with Crippen molar-refractivity contribution in [3.05, 3.63) is 83.9 Å². The zero-order valence-electron chi connectivity index (χ0n) is 26.5. The van der Waals surface area contributed by atoms with E-state index in [4.69, 9.17) is 8.53 Å². The third-order valence-corrected chi connectivity index (χ3v) is 7.22. The largest absolute Gasteiger partial charge is 0.436 e. The molecule has 44 heavy (non-hydrogen) atoms. The summed E-state index contributed by atoms with van der Waals surface area (Å²) in [5.74, 6) is -1.76. The number of aromatic nitrogens is 6. The normalized spacial score (nSPS) is 16.7. The van der Waals surface area contributed by atoms with Gasteiger partial charge in [-0.1, -0.05) is 48.9 Å². The molecule has 12 nitrogen and oxygen atoms in total. The lowest BCUT2D eigenvalue weighted by Crippen LogP contribution is -2.50. The van der Waals surface area contributed by atoms with Crippen LogP contribution in [-0.2, 0) is 4.79 Å². The molecule has 2 amide bonds. The van der Waals surface area contributed by atoms with Crippen molar-refractivity contribution < 1.29 is 26.9 Å². The first-order chi connectivity index (χ1) is 22.5. The van der Waals surface area contributed by atoms with Crippen molar-refractivity contribution in [1.29, 1.82) is 0 Å². The summed E-state index contributed by atoms with van der Waals surface area (Å²) in [6.07, 6.45) is 1.49. The summed E-state index contributed by atoms with van der Waals surface area (Å²) < 4.78 is 54.7. The van der Waals surface area contributed by atoms with Gasteiger partial charge in [0.15, 0.2) is 11.4 Å². The molecule has 0 radical (unpaired) electrons. The van der Waals surface area contributed by atoms with Crippen LogP contribution in [0.5, 0.6) is 0 Å². The first kappa shape index (κ1) is 25.4. The summed E-state index contributed by atoms with van der Waals surface area (Å²) in [7, 11) is 0. The smallest absolute Gasteiger partial charge is 0.350 e. The number of benzene rings is 2. The van der Waals surface area contributed by atoms with Gasteiger partial charge < -0.3 is 14.6 Å². The van der Waals surface area contributed by atoms with E-state index >= 15 is 0 Å². The number of nitrogens with zero attached hydrogens (tertiary/aromatic N) is 8. The van der Waals surface area contributed by atoms with Crippen LogP contribution in [0.3, 0.4) is 0 Å². The Labute approximate surface area is 254 Å². The zero-order valence-corrected chi connectivity index (χ0v) is 23.5. The molecule has 5 aromatic rings. The number of tetrazole rings is 1. The molecule has 1 aliphatic rings. The van der Waals surface area contributed by atoms with E-state index in [1.165, 1.54) is 13.1 Å². The van der Waals surface area contributed by atoms with Gasteiger partial charge in [0.2, 0.25) is 11.8 Å². The molecule has 226 valence electrons. The van der Waals surface area contributed by atoms with Gasteiger partial charge in [0, 0.05) is 53.7 Å². The number of alkyl halides is 2. The van der Waals surface area contributed by atoms with E-state index in [0.29, 0.717) is 48.5 Å². The monoisotopic (exact) mass is 604 g/mol. The number of hydrogen-bond acceptors (Lipinski definition) is 9. The molecule has 0 bridgehead atoms. The molecule has 3 aromatic heterocycles. The van der Waals surface area contributed by atoms with Gasteiger partial charge in [-0.05, 0) is 41.1 Å². The Balaban J connectivity index is 1.15. The highest BCUT2D eigenvalue weighted by Gasteiger charge is 2.32. The topological polar surface area (TPSA) is 135 Å². The lowest BCUT2D eigenvalue weighted by atomic mass is 10.0. The minimum atomic E-state index is -2.91. The Kier molecular flexibility index (Phi) is 7.07. The molecule has 2 aromatic carbocycles. The molecular formula is C30H29F2N9O3. The van der Waals surface area contributed by atoms with Crippen molar-refractivity contribution in [3.63, 3.8) is 0 Å². The molecule has 0 spiro atoms. The van der Waals surface area contributed by atoms with Crippen LogP contribution < -0.4 is 5.32 Å². The van der Waals surface area contributed by atoms with E-state index in [1.807, 2.05) is 35.2 Å². The molecule has 14 heteroatoms. The number of nitrogens with one attached hydrogen (secondary N) is 1. The van der Waals surface area contributed by atoms with Gasteiger partial charge >= 0.3 is 6.55 Å². The zero-order chi connectivity index (χ0) is 33.3. The van der Waals surface area contributed by atoms with Crippen LogP contribution in [0.1, 0.15) is 52.4 Å². The second kappa shape index (κ2) is 12.2. The van der Waals surface area contributed by atoms with Crippen LogP contribution in [0.2, 0.25) is 0 Å². The number of hydrogen-bond donors (Lipinski definition) is 1. The highest BCUT2D eigenvalue weighted by Crippen LogP contribution is 2.29. The standard InChI is InChI=1S/C30H29F2N9O3/c1-18(2)27(42)34-21-8-9-24-22(17-21)35-28(44-24)20-10-11-33-23(16-20)29(43)40-14-12-39(13-15-40)25(19-6-4-3-5-7-19)26-36-38-41(37-26)30(31)32/h3-11,16-18,25,30H,12-15H2,1-2H3,(H,34,42)/i1D3. The predicted molar refractivity (Wildman–Crippen MR) is 156 cm³/mol. The van der Waals surface area contributed by atoms with E-state index in [2.05, 4.69) is 30.7 Å². The van der Waals surface area contributed by atoms with Gasteiger partial charge in [0.25, 0.3) is 5.91 Å². The molecule has 2 unspecified atom stereocenters. The number of oxazole rings is 1. The van der Waals surface area contributed by atoms with E-state index in [0.717, 1.165) is 5.56 Å². The number of anilines is 1. The number of amides is 2. The molecule has 2 atom stereocenters. The van der Waals surface area contributed by atoms with Crippen molar-refractivity contribution in [1.82, 2.24) is 40.0 Å². The number of carbonyl (C=O) groups is 2. The quantitative estimate of drug-likeness (QED) is 0.273. The van der Waals surface area contributed by atoms with Crippen molar-refractivity contribution >= 4 is 28.6 Å². The second-order valence-corrected chi connectivity index (χ2v) is 10.2. The molecule has 0 aliphatic carbocycles. The molecule has 4 heterocycles. The average Bonchev–Trinajstić information content (AvgIpc) is 3.73. The van der Waals surface area contributed by atoms with Gasteiger partial charge in [0.1, 0.15) is 11.2 Å². The Morgan fingerprint density at radius 2 is 1.84 bits per heavy atom. The highest BCUT2D eigenvalue weighted by molar-refractivity contribution is 5.95. The third kappa shape index (κ3) is 6.01.